The van der Waals surface area contributed by atoms with Gasteiger partial charge in [-0.3, -0.25) is 10.1 Å². The van der Waals surface area contributed by atoms with Crippen LogP contribution in [0.15, 0.2) is 42.5 Å². The highest BCUT2D eigenvalue weighted by atomic mass is 16.6. The smallest absolute Gasteiger partial charge is 0.341 e. The molecule has 2 aromatic carbocycles. The van der Waals surface area contributed by atoms with Crippen molar-refractivity contribution in [3.05, 3.63) is 74.8 Å². The minimum absolute atomic E-state index is 0.0356. The van der Waals surface area contributed by atoms with Gasteiger partial charge in [-0.2, -0.15) is 0 Å². The summed E-state index contributed by atoms with van der Waals surface area (Å²) in [5.41, 5.74) is 2.43. The molecule has 0 saturated carbocycles. The zero-order valence-electron chi connectivity index (χ0n) is 11.3. The number of aliphatic hydroxyl groups excluding tert-OH is 1. The SMILES string of the molecule is O=C1OC(O)c2cc(C=Cc3ccc([N+](=O)[O-])cc3)ccc21. The second-order valence-electron chi connectivity index (χ2n) is 4.79. The standard InChI is InChI=1S/C16H11NO5/c18-15-13-8-5-11(9-14(13)16(19)22-15)2-1-10-3-6-12(7-4-10)17(20)21/h1-9,16,19H. The van der Waals surface area contributed by atoms with E-state index in [0.29, 0.717) is 11.1 Å². The van der Waals surface area contributed by atoms with Crippen LogP contribution in [-0.2, 0) is 4.74 Å². The molecule has 1 aliphatic rings. The van der Waals surface area contributed by atoms with E-state index in [0.717, 1.165) is 11.1 Å². The molecule has 1 atom stereocenters. The molecule has 1 N–H and O–H groups in total. The Balaban J connectivity index is 1.83. The lowest BCUT2D eigenvalue weighted by Crippen LogP contribution is -1.95. The van der Waals surface area contributed by atoms with Crippen molar-refractivity contribution in [1.29, 1.82) is 0 Å². The van der Waals surface area contributed by atoms with Crippen molar-refractivity contribution in [2.75, 3.05) is 0 Å². The second kappa shape index (κ2) is 5.42. The summed E-state index contributed by atoms with van der Waals surface area (Å²) in [6.45, 7) is 0. The van der Waals surface area contributed by atoms with Gasteiger partial charge in [0, 0.05) is 17.7 Å². The Bertz CT molecular complexity index is 780. The van der Waals surface area contributed by atoms with Gasteiger partial charge in [-0.05, 0) is 35.4 Å². The van der Waals surface area contributed by atoms with Crippen molar-refractivity contribution in [2.24, 2.45) is 0 Å². The van der Waals surface area contributed by atoms with E-state index in [1.165, 1.54) is 12.1 Å². The first-order valence-electron chi connectivity index (χ1n) is 6.50. The average molecular weight is 297 g/mol. The van der Waals surface area contributed by atoms with Crippen LogP contribution in [-0.4, -0.2) is 16.0 Å². The third-order valence-corrected chi connectivity index (χ3v) is 3.35. The van der Waals surface area contributed by atoms with Crippen LogP contribution in [0.2, 0.25) is 0 Å². The summed E-state index contributed by atoms with van der Waals surface area (Å²) in [5, 5.41) is 20.2. The van der Waals surface area contributed by atoms with Gasteiger partial charge < -0.3 is 9.84 Å². The van der Waals surface area contributed by atoms with E-state index in [9.17, 15) is 20.0 Å². The third kappa shape index (κ3) is 2.59. The number of aliphatic hydroxyl groups is 1. The lowest BCUT2D eigenvalue weighted by molar-refractivity contribution is -0.384. The summed E-state index contributed by atoms with van der Waals surface area (Å²) in [5.74, 6) is -0.534. The maximum atomic E-state index is 11.4. The van der Waals surface area contributed by atoms with Crippen LogP contribution in [0.4, 0.5) is 5.69 Å². The van der Waals surface area contributed by atoms with Crippen LogP contribution in [0.25, 0.3) is 12.2 Å². The minimum atomic E-state index is -1.23. The molecule has 1 aliphatic heterocycles. The molecule has 22 heavy (non-hydrogen) atoms. The molecule has 0 fully saturated rings. The number of cyclic esters (lactones) is 1. The first-order valence-corrected chi connectivity index (χ1v) is 6.50. The monoisotopic (exact) mass is 297 g/mol. The molecule has 110 valence electrons. The number of rotatable bonds is 3. The predicted molar refractivity (Wildman–Crippen MR) is 78.8 cm³/mol. The van der Waals surface area contributed by atoms with Gasteiger partial charge >= 0.3 is 5.97 Å². The normalized spacial score (nSPS) is 16.6. The third-order valence-electron chi connectivity index (χ3n) is 3.35. The predicted octanol–water partition coefficient (Wildman–Crippen LogP) is 2.93. The molecule has 0 radical (unpaired) electrons. The highest BCUT2D eigenvalue weighted by molar-refractivity contribution is 5.94. The van der Waals surface area contributed by atoms with Crippen LogP contribution in [0.1, 0.15) is 33.3 Å². The van der Waals surface area contributed by atoms with Crippen LogP contribution < -0.4 is 0 Å². The summed E-state index contributed by atoms with van der Waals surface area (Å²) in [7, 11) is 0. The van der Waals surface area contributed by atoms with E-state index in [2.05, 4.69) is 0 Å². The quantitative estimate of drug-likeness (QED) is 0.407. The van der Waals surface area contributed by atoms with Gasteiger partial charge in [0.25, 0.3) is 5.69 Å². The van der Waals surface area contributed by atoms with Crippen LogP contribution >= 0.6 is 0 Å². The Labute approximate surface area is 125 Å². The molecule has 0 aromatic heterocycles. The van der Waals surface area contributed by atoms with Crippen molar-refractivity contribution < 1.29 is 19.6 Å². The van der Waals surface area contributed by atoms with Crippen molar-refractivity contribution in [3.63, 3.8) is 0 Å². The summed E-state index contributed by atoms with van der Waals surface area (Å²) in [6.07, 6.45) is 2.35. The van der Waals surface area contributed by atoms with Crippen LogP contribution in [0.3, 0.4) is 0 Å². The number of carbonyl (C=O) groups excluding carboxylic acids is 1. The van der Waals surface area contributed by atoms with Crippen molar-refractivity contribution in [3.8, 4) is 0 Å². The zero-order valence-corrected chi connectivity index (χ0v) is 11.3. The van der Waals surface area contributed by atoms with Gasteiger partial charge in [-0.25, -0.2) is 4.79 Å². The molecule has 6 heteroatoms. The number of hydrogen-bond acceptors (Lipinski definition) is 5. The zero-order chi connectivity index (χ0) is 15.7. The van der Waals surface area contributed by atoms with E-state index in [1.54, 1.807) is 42.5 Å². The number of esters is 1. The number of nitro benzene ring substituents is 1. The maximum absolute atomic E-state index is 11.4. The molecule has 1 unspecified atom stereocenters. The highest BCUT2D eigenvalue weighted by Crippen LogP contribution is 2.29. The van der Waals surface area contributed by atoms with Gasteiger partial charge in [0.1, 0.15) is 0 Å². The van der Waals surface area contributed by atoms with E-state index < -0.39 is 17.2 Å². The van der Waals surface area contributed by atoms with Gasteiger partial charge in [0.15, 0.2) is 0 Å². The lowest BCUT2D eigenvalue weighted by Gasteiger charge is -2.02. The fourth-order valence-corrected chi connectivity index (χ4v) is 2.20. The number of fused-ring (bicyclic) bond motifs is 1. The number of non-ortho nitro benzene ring substituents is 1. The molecular weight excluding hydrogens is 286 g/mol. The second-order valence-corrected chi connectivity index (χ2v) is 4.79. The molecule has 0 saturated heterocycles. The summed E-state index contributed by atoms with van der Waals surface area (Å²) in [6, 6.07) is 11.2. The van der Waals surface area contributed by atoms with Crippen LogP contribution in [0.5, 0.6) is 0 Å². The fraction of sp³-hybridized carbons (Fsp3) is 0.0625. The van der Waals surface area contributed by atoms with Crippen LogP contribution in [0, 0.1) is 10.1 Å². The highest BCUT2D eigenvalue weighted by Gasteiger charge is 2.29. The number of nitrogens with zero attached hydrogens (tertiary/aromatic N) is 1. The van der Waals surface area contributed by atoms with Gasteiger partial charge in [0.05, 0.1) is 10.5 Å². The number of carbonyl (C=O) groups is 1. The molecule has 2 aromatic rings. The maximum Gasteiger partial charge on any atom is 0.341 e. The molecule has 6 nitrogen and oxygen atoms in total. The number of benzene rings is 2. The number of hydrogen-bond donors (Lipinski definition) is 1. The number of ether oxygens (including phenoxy) is 1. The van der Waals surface area contributed by atoms with Gasteiger partial charge in [-0.15, -0.1) is 0 Å². The van der Waals surface area contributed by atoms with E-state index in [1.807, 2.05) is 0 Å². The molecular formula is C16H11NO5. The summed E-state index contributed by atoms with van der Waals surface area (Å²) < 4.78 is 4.71. The van der Waals surface area contributed by atoms with Crippen molar-refractivity contribution in [2.45, 2.75) is 6.29 Å². The van der Waals surface area contributed by atoms with Crippen molar-refractivity contribution in [1.82, 2.24) is 0 Å². The van der Waals surface area contributed by atoms with E-state index >= 15 is 0 Å². The Morgan fingerprint density at radius 2 is 1.73 bits per heavy atom. The van der Waals surface area contributed by atoms with Gasteiger partial charge in [-0.1, -0.05) is 18.2 Å². The lowest BCUT2D eigenvalue weighted by atomic mass is 10.0. The Morgan fingerprint density at radius 3 is 2.41 bits per heavy atom. The Kier molecular flexibility index (Phi) is 3.44. The summed E-state index contributed by atoms with van der Waals surface area (Å²) >= 11 is 0. The van der Waals surface area contributed by atoms with Gasteiger partial charge in [0.2, 0.25) is 6.29 Å². The first kappa shape index (κ1) is 14.0. The van der Waals surface area contributed by atoms with Crippen molar-refractivity contribution >= 4 is 23.8 Å². The molecule has 0 amide bonds. The summed E-state index contributed by atoms with van der Waals surface area (Å²) in [4.78, 5) is 21.5. The molecule has 0 spiro atoms. The topological polar surface area (TPSA) is 89.7 Å². The molecule has 1 heterocycles. The Morgan fingerprint density at radius 1 is 1.09 bits per heavy atom. The average Bonchev–Trinajstić information content (AvgIpc) is 2.80. The molecule has 3 rings (SSSR count). The minimum Gasteiger partial charge on any atom is -0.428 e. The molecule has 0 aliphatic carbocycles. The molecule has 0 bridgehead atoms. The fourth-order valence-electron chi connectivity index (χ4n) is 2.20. The number of nitro groups is 1. The van der Waals surface area contributed by atoms with E-state index in [-0.39, 0.29) is 5.69 Å². The largest absolute Gasteiger partial charge is 0.428 e. The first-order chi connectivity index (χ1) is 10.5. The van der Waals surface area contributed by atoms with E-state index in [4.69, 9.17) is 4.74 Å². The Hall–Kier alpha value is -2.99.